The molecule has 116 valence electrons. The van der Waals surface area contributed by atoms with Crippen molar-refractivity contribution in [3.05, 3.63) is 23.8 Å². The first-order valence-corrected chi connectivity index (χ1v) is 7.91. The van der Waals surface area contributed by atoms with Gasteiger partial charge in [0.15, 0.2) is 0 Å². The molecule has 0 amide bonds. The zero-order valence-corrected chi connectivity index (χ0v) is 13.3. The van der Waals surface area contributed by atoms with Crippen LogP contribution in [0.5, 0.6) is 11.5 Å². The molecule has 4 nitrogen and oxygen atoms in total. The normalized spacial score (nSPS) is 26.6. The molecule has 0 bridgehead atoms. The maximum absolute atomic E-state index is 5.38. The number of fused-ring (bicyclic) bond motifs is 1. The van der Waals surface area contributed by atoms with E-state index in [4.69, 9.17) is 9.47 Å². The third kappa shape index (κ3) is 3.01. The minimum atomic E-state index is 0.624. The van der Waals surface area contributed by atoms with Crippen molar-refractivity contribution in [1.29, 1.82) is 0 Å². The van der Waals surface area contributed by atoms with E-state index in [0.717, 1.165) is 30.6 Å². The summed E-state index contributed by atoms with van der Waals surface area (Å²) < 4.78 is 10.8. The van der Waals surface area contributed by atoms with Gasteiger partial charge in [0.25, 0.3) is 0 Å². The SMILES string of the molecule is COc1cc(CN2CCN3CCC[C@H]3[C@@H]2C)cc(OC)c1. The topological polar surface area (TPSA) is 24.9 Å². The summed E-state index contributed by atoms with van der Waals surface area (Å²) in [6, 6.07) is 7.54. The predicted octanol–water partition coefficient (Wildman–Crippen LogP) is 2.37. The van der Waals surface area contributed by atoms with Crippen LogP contribution in [-0.2, 0) is 6.54 Å². The number of ether oxygens (including phenoxy) is 2. The molecule has 3 rings (SSSR count). The van der Waals surface area contributed by atoms with E-state index >= 15 is 0 Å². The summed E-state index contributed by atoms with van der Waals surface area (Å²) >= 11 is 0. The Morgan fingerprint density at radius 3 is 2.43 bits per heavy atom. The summed E-state index contributed by atoms with van der Waals surface area (Å²) in [6.07, 6.45) is 2.70. The number of rotatable bonds is 4. The van der Waals surface area contributed by atoms with Crippen molar-refractivity contribution >= 4 is 0 Å². The van der Waals surface area contributed by atoms with Crippen molar-refractivity contribution < 1.29 is 9.47 Å². The van der Waals surface area contributed by atoms with Gasteiger partial charge in [-0.25, -0.2) is 0 Å². The molecule has 2 fully saturated rings. The molecular weight excluding hydrogens is 264 g/mol. The van der Waals surface area contributed by atoms with Crippen LogP contribution in [0.25, 0.3) is 0 Å². The van der Waals surface area contributed by atoms with E-state index in [1.165, 1.54) is 31.5 Å². The molecule has 0 N–H and O–H groups in total. The lowest BCUT2D eigenvalue weighted by Gasteiger charge is -2.43. The van der Waals surface area contributed by atoms with Crippen molar-refractivity contribution in [3.63, 3.8) is 0 Å². The highest BCUT2D eigenvalue weighted by atomic mass is 16.5. The molecule has 0 aromatic heterocycles. The molecule has 2 atom stereocenters. The molecule has 0 spiro atoms. The first-order chi connectivity index (χ1) is 10.2. The second kappa shape index (κ2) is 6.24. The fourth-order valence-corrected chi connectivity index (χ4v) is 3.79. The number of hydrogen-bond acceptors (Lipinski definition) is 4. The molecule has 2 aliphatic rings. The van der Waals surface area contributed by atoms with Crippen molar-refractivity contribution in [3.8, 4) is 11.5 Å². The average molecular weight is 290 g/mol. The fraction of sp³-hybridized carbons (Fsp3) is 0.647. The first kappa shape index (κ1) is 14.7. The Labute approximate surface area is 127 Å². The van der Waals surface area contributed by atoms with E-state index in [2.05, 4.69) is 28.9 Å². The summed E-state index contributed by atoms with van der Waals surface area (Å²) in [5.74, 6) is 1.74. The minimum Gasteiger partial charge on any atom is -0.497 e. The standard InChI is InChI=1S/C17H26N2O2/c1-13-17-5-4-6-18(17)7-8-19(13)12-14-9-15(20-2)11-16(10-14)21-3/h9-11,13,17H,4-8,12H2,1-3H3/t13-,17-/m0/s1. The molecule has 1 aromatic rings. The van der Waals surface area contributed by atoms with E-state index < -0.39 is 0 Å². The molecule has 0 aliphatic carbocycles. The Hall–Kier alpha value is -1.26. The summed E-state index contributed by atoms with van der Waals surface area (Å²) in [5.41, 5.74) is 1.27. The van der Waals surface area contributed by atoms with Gasteiger partial charge in [-0.2, -0.15) is 0 Å². The molecule has 21 heavy (non-hydrogen) atoms. The van der Waals surface area contributed by atoms with Crippen LogP contribution in [-0.4, -0.2) is 55.7 Å². The Morgan fingerprint density at radius 2 is 1.76 bits per heavy atom. The number of piperazine rings is 1. The van der Waals surface area contributed by atoms with Crippen LogP contribution < -0.4 is 9.47 Å². The van der Waals surface area contributed by atoms with Gasteiger partial charge in [0, 0.05) is 37.8 Å². The van der Waals surface area contributed by atoms with Crippen molar-refractivity contribution in [2.45, 2.75) is 38.4 Å². The van der Waals surface area contributed by atoms with E-state index in [0.29, 0.717) is 6.04 Å². The van der Waals surface area contributed by atoms with Crippen LogP contribution >= 0.6 is 0 Å². The van der Waals surface area contributed by atoms with E-state index in [9.17, 15) is 0 Å². The lowest BCUT2D eigenvalue weighted by Crippen LogP contribution is -2.55. The molecule has 4 heteroatoms. The number of benzene rings is 1. The highest BCUT2D eigenvalue weighted by Gasteiger charge is 2.36. The Balaban J connectivity index is 1.73. The molecule has 2 saturated heterocycles. The summed E-state index contributed by atoms with van der Waals surface area (Å²) in [7, 11) is 3.41. The number of nitrogens with zero attached hydrogens (tertiary/aromatic N) is 2. The lowest BCUT2D eigenvalue weighted by atomic mass is 10.0. The lowest BCUT2D eigenvalue weighted by molar-refractivity contribution is 0.0470. The maximum atomic E-state index is 5.38. The largest absolute Gasteiger partial charge is 0.497 e. The van der Waals surface area contributed by atoms with E-state index in [1.54, 1.807) is 14.2 Å². The van der Waals surface area contributed by atoms with Crippen LogP contribution in [0.15, 0.2) is 18.2 Å². The van der Waals surface area contributed by atoms with Crippen molar-refractivity contribution in [2.24, 2.45) is 0 Å². The van der Waals surface area contributed by atoms with Crippen molar-refractivity contribution in [2.75, 3.05) is 33.9 Å². The molecule has 0 saturated carbocycles. The summed E-state index contributed by atoms with van der Waals surface area (Å²) in [6.45, 7) is 6.99. The van der Waals surface area contributed by atoms with Gasteiger partial charge in [0.1, 0.15) is 11.5 Å². The van der Waals surface area contributed by atoms with Crippen LogP contribution in [0.2, 0.25) is 0 Å². The highest BCUT2D eigenvalue weighted by Crippen LogP contribution is 2.29. The molecule has 2 heterocycles. The molecule has 0 radical (unpaired) electrons. The van der Waals surface area contributed by atoms with Gasteiger partial charge in [-0.15, -0.1) is 0 Å². The molecular formula is C17H26N2O2. The van der Waals surface area contributed by atoms with Gasteiger partial charge in [-0.05, 0) is 44.0 Å². The Morgan fingerprint density at radius 1 is 1.05 bits per heavy atom. The monoisotopic (exact) mass is 290 g/mol. The number of methoxy groups -OCH3 is 2. The zero-order chi connectivity index (χ0) is 14.8. The van der Waals surface area contributed by atoms with Crippen molar-refractivity contribution in [1.82, 2.24) is 9.80 Å². The smallest absolute Gasteiger partial charge is 0.122 e. The highest BCUT2D eigenvalue weighted by molar-refractivity contribution is 5.38. The molecule has 1 aromatic carbocycles. The van der Waals surface area contributed by atoms with Crippen LogP contribution in [0.1, 0.15) is 25.3 Å². The first-order valence-electron chi connectivity index (χ1n) is 7.91. The zero-order valence-electron chi connectivity index (χ0n) is 13.3. The summed E-state index contributed by atoms with van der Waals surface area (Å²) in [4.78, 5) is 5.26. The van der Waals surface area contributed by atoms with Crippen LogP contribution in [0.4, 0.5) is 0 Å². The van der Waals surface area contributed by atoms with Crippen LogP contribution in [0, 0.1) is 0 Å². The Kier molecular flexibility index (Phi) is 4.36. The number of hydrogen-bond donors (Lipinski definition) is 0. The third-order valence-electron chi connectivity index (χ3n) is 5.02. The molecule has 0 unspecified atom stereocenters. The predicted molar refractivity (Wildman–Crippen MR) is 84.0 cm³/mol. The van der Waals surface area contributed by atoms with Gasteiger partial charge < -0.3 is 9.47 Å². The fourth-order valence-electron chi connectivity index (χ4n) is 3.79. The second-order valence-corrected chi connectivity index (χ2v) is 6.18. The molecule has 2 aliphatic heterocycles. The summed E-state index contributed by atoms with van der Waals surface area (Å²) in [5, 5.41) is 0. The average Bonchev–Trinajstić information content (AvgIpc) is 2.99. The van der Waals surface area contributed by atoms with E-state index in [1.807, 2.05) is 6.07 Å². The third-order valence-corrected chi connectivity index (χ3v) is 5.02. The van der Waals surface area contributed by atoms with Gasteiger partial charge >= 0.3 is 0 Å². The van der Waals surface area contributed by atoms with Gasteiger partial charge in [0.05, 0.1) is 14.2 Å². The van der Waals surface area contributed by atoms with Gasteiger partial charge in [-0.3, -0.25) is 9.80 Å². The Bertz CT molecular complexity index is 469. The van der Waals surface area contributed by atoms with Crippen LogP contribution in [0.3, 0.4) is 0 Å². The van der Waals surface area contributed by atoms with E-state index in [-0.39, 0.29) is 0 Å². The maximum Gasteiger partial charge on any atom is 0.122 e. The quantitative estimate of drug-likeness (QED) is 0.850. The van der Waals surface area contributed by atoms with Gasteiger partial charge in [0.2, 0.25) is 0 Å². The second-order valence-electron chi connectivity index (χ2n) is 6.18. The van der Waals surface area contributed by atoms with Gasteiger partial charge in [-0.1, -0.05) is 0 Å². The minimum absolute atomic E-state index is 0.624.